The highest BCUT2D eigenvalue weighted by Gasteiger charge is 2.24. The molecule has 8 heteroatoms. The van der Waals surface area contributed by atoms with E-state index in [-0.39, 0.29) is 11.9 Å². The quantitative estimate of drug-likeness (QED) is 0.464. The number of hydrogen-bond donors (Lipinski definition) is 0. The first kappa shape index (κ1) is 19.9. The topological polar surface area (TPSA) is 56.1 Å². The Morgan fingerprint density at radius 2 is 2.03 bits per heavy atom. The Balaban J connectivity index is 1.60. The molecule has 2 aromatic heterocycles. The molecule has 1 aliphatic heterocycles. The highest BCUT2D eigenvalue weighted by molar-refractivity contribution is 6.30. The van der Waals surface area contributed by atoms with Crippen molar-refractivity contribution >= 4 is 28.2 Å². The number of aromatic nitrogens is 4. The summed E-state index contributed by atoms with van der Waals surface area (Å²) in [5.74, 6) is 0.295. The van der Waals surface area contributed by atoms with Crippen molar-refractivity contribution < 1.29 is 9.13 Å². The van der Waals surface area contributed by atoms with Crippen LogP contribution < -0.4 is 4.90 Å². The molecule has 0 radical (unpaired) electrons. The fraction of sp³-hybridized carbons (Fsp3) is 0.261. The number of hydrogen-bond acceptors (Lipinski definition) is 5. The van der Waals surface area contributed by atoms with E-state index in [1.54, 1.807) is 23.0 Å². The zero-order chi connectivity index (χ0) is 21.5. The van der Waals surface area contributed by atoms with Crippen LogP contribution in [-0.4, -0.2) is 39.4 Å². The van der Waals surface area contributed by atoms with E-state index in [0.717, 1.165) is 34.3 Å². The van der Waals surface area contributed by atoms with Crippen molar-refractivity contribution in [1.82, 2.24) is 19.7 Å². The molecule has 6 nitrogen and oxygen atoms in total. The summed E-state index contributed by atoms with van der Waals surface area (Å²) in [5.41, 5.74) is 3.99. The number of benzene rings is 2. The zero-order valence-corrected chi connectivity index (χ0v) is 18.0. The third-order valence-electron chi connectivity index (χ3n) is 5.56. The van der Waals surface area contributed by atoms with Gasteiger partial charge in [0.25, 0.3) is 0 Å². The molecule has 0 N–H and O–H groups in total. The number of halogens is 2. The van der Waals surface area contributed by atoms with Crippen LogP contribution in [0.3, 0.4) is 0 Å². The average molecular weight is 438 g/mol. The van der Waals surface area contributed by atoms with Gasteiger partial charge in [-0.2, -0.15) is 5.10 Å². The van der Waals surface area contributed by atoms with Crippen LogP contribution in [0.4, 0.5) is 10.1 Å². The monoisotopic (exact) mass is 437 g/mol. The summed E-state index contributed by atoms with van der Waals surface area (Å²) >= 11 is 5.98. The molecule has 0 saturated carbocycles. The number of aryl methyl sites for hydroxylation is 2. The molecule has 31 heavy (non-hydrogen) atoms. The number of fused-ring (bicyclic) bond motifs is 1. The fourth-order valence-corrected chi connectivity index (χ4v) is 4.18. The SMILES string of the molecule is Cc1ncc2c(-c3ccc(Cl)cc3F)cc(N3CCO[C@H](c4cnn(C)c4)C3)cc2n1. The smallest absolute Gasteiger partial charge is 0.132 e. The Kier molecular flexibility index (Phi) is 5.08. The van der Waals surface area contributed by atoms with Crippen molar-refractivity contribution in [2.75, 3.05) is 24.6 Å². The number of nitrogens with zero attached hydrogens (tertiary/aromatic N) is 5. The minimum atomic E-state index is -0.373. The Morgan fingerprint density at radius 1 is 1.16 bits per heavy atom. The lowest BCUT2D eigenvalue weighted by Crippen LogP contribution is -2.38. The second kappa shape index (κ2) is 7.90. The van der Waals surface area contributed by atoms with Gasteiger partial charge >= 0.3 is 0 Å². The molecular weight excluding hydrogens is 417 g/mol. The molecule has 1 aliphatic rings. The van der Waals surface area contributed by atoms with E-state index in [1.807, 2.05) is 38.5 Å². The summed E-state index contributed by atoms with van der Waals surface area (Å²) in [5, 5.41) is 5.42. The van der Waals surface area contributed by atoms with Gasteiger partial charge in [-0.15, -0.1) is 0 Å². The third-order valence-corrected chi connectivity index (χ3v) is 5.79. The van der Waals surface area contributed by atoms with Gasteiger partial charge in [0.1, 0.15) is 17.7 Å². The van der Waals surface area contributed by atoms with Crippen molar-refractivity contribution in [3.8, 4) is 11.1 Å². The van der Waals surface area contributed by atoms with Gasteiger partial charge in [-0.25, -0.2) is 14.4 Å². The average Bonchev–Trinajstić information content (AvgIpc) is 3.19. The zero-order valence-electron chi connectivity index (χ0n) is 17.2. The lowest BCUT2D eigenvalue weighted by Gasteiger charge is -2.34. The van der Waals surface area contributed by atoms with E-state index < -0.39 is 0 Å². The summed E-state index contributed by atoms with van der Waals surface area (Å²) in [7, 11) is 1.89. The second-order valence-corrected chi connectivity index (χ2v) is 8.16. The lowest BCUT2D eigenvalue weighted by molar-refractivity contribution is 0.0397. The molecular formula is C23H21ClFN5O. The molecule has 4 aromatic rings. The molecule has 0 spiro atoms. The summed E-state index contributed by atoms with van der Waals surface area (Å²) < 4.78 is 22.6. The van der Waals surface area contributed by atoms with Crippen LogP contribution in [-0.2, 0) is 11.8 Å². The van der Waals surface area contributed by atoms with Crippen LogP contribution in [0.1, 0.15) is 17.5 Å². The van der Waals surface area contributed by atoms with Crippen molar-refractivity contribution in [3.63, 3.8) is 0 Å². The molecule has 0 amide bonds. The van der Waals surface area contributed by atoms with Crippen LogP contribution >= 0.6 is 11.6 Å². The number of morpholine rings is 1. The van der Waals surface area contributed by atoms with Crippen molar-refractivity contribution in [2.24, 2.45) is 7.05 Å². The van der Waals surface area contributed by atoms with Crippen LogP contribution in [0.5, 0.6) is 0 Å². The molecule has 158 valence electrons. The van der Waals surface area contributed by atoms with Crippen molar-refractivity contribution in [3.05, 3.63) is 71.2 Å². The molecule has 1 atom stereocenters. The fourth-order valence-electron chi connectivity index (χ4n) is 4.02. The number of ether oxygens (including phenoxy) is 1. The molecule has 5 rings (SSSR count). The minimum absolute atomic E-state index is 0.0824. The van der Waals surface area contributed by atoms with Crippen LogP contribution in [0, 0.1) is 12.7 Å². The Morgan fingerprint density at radius 3 is 2.81 bits per heavy atom. The predicted molar refractivity (Wildman–Crippen MR) is 119 cm³/mol. The molecule has 0 unspecified atom stereocenters. The van der Waals surface area contributed by atoms with Gasteiger partial charge < -0.3 is 9.64 Å². The first-order chi connectivity index (χ1) is 15.0. The van der Waals surface area contributed by atoms with Gasteiger partial charge in [-0.3, -0.25) is 4.68 Å². The lowest BCUT2D eigenvalue weighted by atomic mass is 9.99. The first-order valence-corrected chi connectivity index (χ1v) is 10.4. The first-order valence-electron chi connectivity index (χ1n) is 10.1. The van der Waals surface area contributed by atoms with Gasteiger partial charge in [-0.05, 0) is 42.8 Å². The van der Waals surface area contributed by atoms with Gasteiger partial charge in [0.2, 0.25) is 0 Å². The standard InChI is InChI=1S/C23H21ClFN5O/c1-14-26-11-20-19(18-4-3-16(24)7-21(18)25)8-17(9-22(20)28-14)30-5-6-31-23(13-30)15-10-27-29(2)12-15/h3-4,7-12,23H,5-6,13H2,1-2H3/t23-/m0/s1. The van der Waals surface area contributed by atoms with Crippen LogP contribution in [0.15, 0.2) is 48.9 Å². The highest BCUT2D eigenvalue weighted by Crippen LogP contribution is 2.36. The van der Waals surface area contributed by atoms with Crippen LogP contribution in [0.25, 0.3) is 22.0 Å². The molecule has 2 aromatic carbocycles. The maximum Gasteiger partial charge on any atom is 0.132 e. The van der Waals surface area contributed by atoms with Gasteiger partial charge in [0, 0.05) is 59.8 Å². The van der Waals surface area contributed by atoms with Crippen molar-refractivity contribution in [1.29, 1.82) is 0 Å². The summed E-state index contributed by atoms with van der Waals surface area (Å²) in [6.45, 7) is 3.84. The van der Waals surface area contributed by atoms with E-state index in [2.05, 4.69) is 20.0 Å². The van der Waals surface area contributed by atoms with E-state index in [1.165, 1.54) is 6.07 Å². The van der Waals surface area contributed by atoms with Gasteiger partial charge in [0.15, 0.2) is 0 Å². The Labute approximate surface area is 184 Å². The summed E-state index contributed by atoms with van der Waals surface area (Å²) in [6, 6.07) is 8.76. The highest BCUT2D eigenvalue weighted by atomic mass is 35.5. The Hall–Kier alpha value is -3.03. The van der Waals surface area contributed by atoms with E-state index in [4.69, 9.17) is 16.3 Å². The van der Waals surface area contributed by atoms with E-state index >= 15 is 0 Å². The summed E-state index contributed by atoms with van der Waals surface area (Å²) in [4.78, 5) is 11.2. The normalized spacial score (nSPS) is 16.8. The molecule has 0 aliphatic carbocycles. The predicted octanol–water partition coefficient (Wildman–Crippen LogP) is 4.71. The van der Waals surface area contributed by atoms with Gasteiger partial charge in [0.05, 0.1) is 18.3 Å². The number of rotatable bonds is 3. The second-order valence-electron chi connectivity index (χ2n) is 7.72. The van der Waals surface area contributed by atoms with E-state index in [9.17, 15) is 4.39 Å². The minimum Gasteiger partial charge on any atom is -0.370 e. The molecule has 0 bridgehead atoms. The summed E-state index contributed by atoms with van der Waals surface area (Å²) in [6.07, 6.45) is 5.48. The van der Waals surface area contributed by atoms with Crippen LogP contribution in [0.2, 0.25) is 5.02 Å². The molecule has 1 fully saturated rings. The number of anilines is 1. The maximum atomic E-state index is 14.8. The molecule has 1 saturated heterocycles. The third kappa shape index (κ3) is 3.86. The largest absolute Gasteiger partial charge is 0.370 e. The van der Waals surface area contributed by atoms with Crippen molar-refractivity contribution in [2.45, 2.75) is 13.0 Å². The Bertz CT molecular complexity index is 1270. The molecule has 3 heterocycles. The van der Waals surface area contributed by atoms with E-state index in [0.29, 0.717) is 29.6 Å². The van der Waals surface area contributed by atoms with Gasteiger partial charge in [-0.1, -0.05) is 11.6 Å². The maximum absolute atomic E-state index is 14.8.